The molecule has 2 aromatic rings. The molecule has 3 N–H and O–H groups in total. The highest BCUT2D eigenvalue weighted by atomic mass is 19.1. The van der Waals surface area contributed by atoms with Gasteiger partial charge in [-0.2, -0.15) is 0 Å². The SMILES string of the molecule is CC(C)(C)NC(=O)O[C@@H](Cc1cc(F)cc(F)c1)[C@H](O)CN[C@@H]1CCc2ccccc21. The summed E-state index contributed by atoms with van der Waals surface area (Å²) in [5.74, 6) is -1.44. The Hall–Kier alpha value is -2.51. The molecular weight excluding hydrogens is 402 g/mol. The minimum absolute atomic E-state index is 0.0175. The summed E-state index contributed by atoms with van der Waals surface area (Å²) in [5.41, 5.74) is 2.26. The first-order chi connectivity index (χ1) is 14.6. The van der Waals surface area contributed by atoms with Gasteiger partial charge in [-0.1, -0.05) is 24.3 Å². The van der Waals surface area contributed by atoms with E-state index in [-0.39, 0.29) is 19.0 Å². The van der Waals surface area contributed by atoms with Crippen LogP contribution in [0.3, 0.4) is 0 Å². The van der Waals surface area contributed by atoms with E-state index in [4.69, 9.17) is 4.74 Å². The van der Waals surface area contributed by atoms with Crippen LogP contribution in [0.15, 0.2) is 42.5 Å². The Morgan fingerprint density at radius 1 is 1.19 bits per heavy atom. The van der Waals surface area contributed by atoms with E-state index in [0.717, 1.165) is 18.9 Å². The van der Waals surface area contributed by atoms with Crippen LogP contribution in [0.2, 0.25) is 0 Å². The summed E-state index contributed by atoms with van der Waals surface area (Å²) in [6.45, 7) is 5.59. The molecule has 0 saturated carbocycles. The molecule has 1 aliphatic rings. The summed E-state index contributed by atoms with van der Waals surface area (Å²) in [6, 6.07) is 11.4. The predicted molar refractivity (Wildman–Crippen MR) is 115 cm³/mol. The van der Waals surface area contributed by atoms with Crippen molar-refractivity contribution in [3.63, 3.8) is 0 Å². The first-order valence-corrected chi connectivity index (χ1v) is 10.5. The molecule has 0 saturated heterocycles. The van der Waals surface area contributed by atoms with Crippen LogP contribution in [0.4, 0.5) is 13.6 Å². The predicted octanol–water partition coefficient (Wildman–Crippen LogP) is 4.04. The Morgan fingerprint density at radius 3 is 2.55 bits per heavy atom. The number of carbonyl (C=O) groups is 1. The number of aliphatic hydroxyl groups excluding tert-OH is 1. The maximum atomic E-state index is 13.6. The van der Waals surface area contributed by atoms with Gasteiger partial charge in [0, 0.05) is 30.6 Å². The molecule has 168 valence electrons. The molecule has 1 aliphatic carbocycles. The largest absolute Gasteiger partial charge is 0.443 e. The molecule has 0 radical (unpaired) electrons. The number of alkyl carbamates (subject to hydrolysis) is 1. The molecular formula is C24H30F2N2O3. The Bertz CT molecular complexity index is 894. The fraction of sp³-hybridized carbons (Fsp3) is 0.458. The minimum atomic E-state index is -1.06. The molecule has 0 fully saturated rings. The molecule has 3 atom stereocenters. The topological polar surface area (TPSA) is 70.6 Å². The number of nitrogens with one attached hydrogen (secondary N) is 2. The number of carbonyl (C=O) groups excluding carboxylic acids is 1. The fourth-order valence-corrected chi connectivity index (χ4v) is 3.85. The molecule has 1 amide bonds. The third-order valence-electron chi connectivity index (χ3n) is 5.23. The van der Waals surface area contributed by atoms with Gasteiger partial charge >= 0.3 is 6.09 Å². The number of halogens is 2. The van der Waals surface area contributed by atoms with Gasteiger partial charge in [-0.3, -0.25) is 0 Å². The highest BCUT2D eigenvalue weighted by molar-refractivity contribution is 5.68. The Balaban J connectivity index is 1.69. The number of hydrogen-bond acceptors (Lipinski definition) is 4. The van der Waals surface area contributed by atoms with Crippen molar-refractivity contribution in [1.82, 2.24) is 10.6 Å². The van der Waals surface area contributed by atoms with Gasteiger partial charge in [0.1, 0.15) is 23.8 Å². The van der Waals surface area contributed by atoms with E-state index in [1.807, 2.05) is 12.1 Å². The average Bonchev–Trinajstić information content (AvgIpc) is 3.06. The lowest BCUT2D eigenvalue weighted by Gasteiger charge is -2.27. The second-order valence-electron chi connectivity index (χ2n) is 9.07. The van der Waals surface area contributed by atoms with Crippen LogP contribution in [0.5, 0.6) is 0 Å². The summed E-state index contributed by atoms with van der Waals surface area (Å²) in [4.78, 5) is 12.3. The van der Waals surface area contributed by atoms with Crippen LogP contribution in [-0.2, 0) is 17.6 Å². The number of ether oxygens (including phenoxy) is 1. The number of hydrogen-bond donors (Lipinski definition) is 3. The van der Waals surface area contributed by atoms with E-state index in [1.54, 1.807) is 20.8 Å². The maximum absolute atomic E-state index is 13.6. The first kappa shape index (κ1) is 23.2. The van der Waals surface area contributed by atoms with Crippen molar-refractivity contribution in [3.8, 4) is 0 Å². The number of benzene rings is 2. The second kappa shape index (κ2) is 9.75. The van der Waals surface area contributed by atoms with E-state index >= 15 is 0 Å². The van der Waals surface area contributed by atoms with Crippen molar-refractivity contribution in [2.75, 3.05) is 6.54 Å². The van der Waals surface area contributed by atoms with Gasteiger partial charge in [0.15, 0.2) is 0 Å². The van der Waals surface area contributed by atoms with Gasteiger partial charge in [0.05, 0.1) is 0 Å². The van der Waals surface area contributed by atoms with Crippen molar-refractivity contribution < 1.29 is 23.4 Å². The summed E-state index contributed by atoms with van der Waals surface area (Å²) in [6.07, 6.45) is -0.884. The van der Waals surface area contributed by atoms with E-state index in [1.165, 1.54) is 23.3 Å². The smallest absolute Gasteiger partial charge is 0.407 e. The molecule has 0 aliphatic heterocycles. The van der Waals surface area contributed by atoms with Crippen LogP contribution in [0.1, 0.15) is 49.9 Å². The van der Waals surface area contributed by atoms with Crippen LogP contribution >= 0.6 is 0 Å². The molecule has 2 aromatic carbocycles. The van der Waals surface area contributed by atoms with Gasteiger partial charge < -0.3 is 20.5 Å². The molecule has 0 heterocycles. The normalized spacial score (nSPS) is 17.7. The van der Waals surface area contributed by atoms with Gasteiger partial charge in [-0.25, -0.2) is 13.6 Å². The summed E-state index contributed by atoms with van der Waals surface area (Å²) >= 11 is 0. The minimum Gasteiger partial charge on any atom is -0.443 e. The molecule has 0 spiro atoms. The molecule has 31 heavy (non-hydrogen) atoms. The number of aryl methyl sites for hydroxylation is 1. The third-order valence-corrected chi connectivity index (χ3v) is 5.23. The Morgan fingerprint density at radius 2 is 1.87 bits per heavy atom. The Labute approximate surface area is 181 Å². The highest BCUT2D eigenvalue weighted by Gasteiger charge is 2.28. The average molecular weight is 433 g/mol. The monoisotopic (exact) mass is 432 g/mol. The van der Waals surface area contributed by atoms with Crippen molar-refractivity contribution in [2.45, 2.75) is 63.8 Å². The van der Waals surface area contributed by atoms with Crippen molar-refractivity contribution in [3.05, 3.63) is 70.8 Å². The van der Waals surface area contributed by atoms with E-state index in [9.17, 15) is 18.7 Å². The highest BCUT2D eigenvalue weighted by Crippen LogP contribution is 2.30. The molecule has 5 nitrogen and oxygen atoms in total. The molecule has 3 rings (SSSR count). The lowest BCUT2D eigenvalue weighted by Crippen LogP contribution is -2.46. The standard InChI is InChI=1S/C24H30F2N2O3/c1-24(2,3)28-23(30)31-22(12-15-10-17(25)13-18(26)11-15)21(29)14-27-20-9-8-16-6-4-5-7-19(16)20/h4-7,10-11,13,20-22,27,29H,8-9,12,14H2,1-3H3,(H,28,30)/t20-,21-,22+/m1/s1. The van der Waals surface area contributed by atoms with Crippen LogP contribution in [-0.4, -0.2) is 35.5 Å². The molecule has 0 bridgehead atoms. The number of rotatable bonds is 7. The molecule has 7 heteroatoms. The van der Waals surface area contributed by atoms with E-state index in [0.29, 0.717) is 5.56 Å². The van der Waals surface area contributed by atoms with Gasteiger partial charge in [-0.15, -0.1) is 0 Å². The lowest BCUT2D eigenvalue weighted by molar-refractivity contribution is 0.000373. The van der Waals surface area contributed by atoms with Gasteiger partial charge in [-0.05, 0) is 62.4 Å². The van der Waals surface area contributed by atoms with Crippen LogP contribution in [0.25, 0.3) is 0 Å². The lowest BCUT2D eigenvalue weighted by atomic mass is 10.0. The third kappa shape index (κ3) is 6.74. The van der Waals surface area contributed by atoms with Crippen LogP contribution in [0, 0.1) is 11.6 Å². The first-order valence-electron chi connectivity index (χ1n) is 10.5. The molecule has 0 unspecified atom stereocenters. The van der Waals surface area contributed by atoms with Gasteiger partial charge in [0.25, 0.3) is 0 Å². The van der Waals surface area contributed by atoms with Crippen molar-refractivity contribution in [1.29, 1.82) is 0 Å². The van der Waals surface area contributed by atoms with Crippen LogP contribution < -0.4 is 10.6 Å². The number of amides is 1. The molecule has 0 aromatic heterocycles. The Kier molecular flexibility index (Phi) is 7.28. The zero-order valence-corrected chi connectivity index (χ0v) is 18.1. The maximum Gasteiger partial charge on any atom is 0.407 e. The van der Waals surface area contributed by atoms with Gasteiger partial charge in [0.2, 0.25) is 0 Å². The van der Waals surface area contributed by atoms with E-state index < -0.39 is 35.5 Å². The summed E-state index contributed by atoms with van der Waals surface area (Å²) < 4.78 is 32.7. The van der Waals surface area contributed by atoms with Crippen molar-refractivity contribution in [2.24, 2.45) is 0 Å². The summed E-state index contributed by atoms with van der Waals surface area (Å²) in [7, 11) is 0. The quantitative estimate of drug-likeness (QED) is 0.618. The zero-order valence-electron chi connectivity index (χ0n) is 18.1. The van der Waals surface area contributed by atoms with Crippen molar-refractivity contribution >= 4 is 6.09 Å². The van der Waals surface area contributed by atoms with E-state index in [2.05, 4.69) is 22.8 Å². The summed E-state index contributed by atoms with van der Waals surface area (Å²) in [5, 5.41) is 16.8. The number of aliphatic hydroxyl groups is 1. The zero-order chi connectivity index (χ0) is 22.6. The number of fused-ring (bicyclic) bond motifs is 1. The fourth-order valence-electron chi connectivity index (χ4n) is 3.85. The second-order valence-corrected chi connectivity index (χ2v) is 9.07.